The topological polar surface area (TPSA) is 35.5 Å². The van der Waals surface area contributed by atoms with E-state index in [1.165, 1.54) is 0 Å². The number of allylic oxidation sites excluding steroid dienone is 1. The van der Waals surface area contributed by atoms with Crippen LogP contribution in [0.1, 0.15) is 25.8 Å². The molecule has 0 radical (unpaired) electrons. The van der Waals surface area contributed by atoms with Gasteiger partial charge in [-0.15, -0.1) is 0 Å². The lowest BCUT2D eigenvalue weighted by atomic mass is 10.1. The molecule has 2 rings (SSSR count). The van der Waals surface area contributed by atoms with Crippen LogP contribution in [0, 0.1) is 5.92 Å². The summed E-state index contributed by atoms with van der Waals surface area (Å²) in [6.07, 6.45) is 4.02. The quantitative estimate of drug-likeness (QED) is 0.748. The fraction of sp³-hybridized carbons (Fsp3) is 0.357. The van der Waals surface area contributed by atoms with E-state index in [9.17, 15) is 4.79 Å². The highest BCUT2D eigenvalue weighted by atomic mass is 16.7. The van der Waals surface area contributed by atoms with Crippen molar-refractivity contribution in [2.75, 3.05) is 6.79 Å². The number of hydrogen-bond acceptors (Lipinski definition) is 3. The zero-order chi connectivity index (χ0) is 12.3. The zero-order valence-corrected chi connectivity index (χ0v) is 10.1. The van der Waals surface area contributed by atoms with Crippen molar-refractivity contribution in [3.63, 3.8) is 0 Å². The smallest absolute Gasteiger partial charge is 0.231 e. The van der Waals surface area contributed by atoms with Gasteiger partial charge in [-0.2, -0.15) is 0 Å². The molecule has 1 aromatic rings. The normalized spacial score (nSPS) is 13.6. The number of ether oxygens (including phenoxy) is 2. The number of carbonyl (C=O) groups is 1. The fourth-order valence-electron chi connectivity index (χ4n) is 1.68. The van der Waals surface area contributed by atoms with Crippen LogP contribution in [0.4, 0.5) is 0 Å². The Bertz CT molecular complexity index is 447. The van der Waals surface area contributed by atoms with E-state index in [2.05, 4.69) is 0 Å². The van der Waals surface area contributed by atoms with E-state index < -0.39 is 0 Å². The van der Waals surface area contributed by atoms with Crippen molar-refractivity contribution in [3.8, 4) is 11.5 Å². The summed E-state index contributed by atoms with van der Waals surface area (Å²) in [6, 6.07) is 5.64. The average Bonchev–Trinajstić information content (AvgIpc) is 2.72. The summed E-state index contributed by atoms with van der Waals surface area (Å²) >= 11 is 0. The largest absolute Gasteiger partial charge is 0.454 e. The molecule has 0 saturated heterocycles. The van der Waals surface area contributed by atoms with Gasteiger partial charge in [-0.3, -0.25) is 4.79 Å². The molecule has 1 aliphatic rings. The lowest BCUT2D eigenvalue weighted by Gasteiger charge is -1.99. The van der Waals surface area contributed by atoms with E-state index in [1.54, 1.807) is 6.08 Å². The molecule has 0 aromatic heterocycles. The Morgan fingerprint density at radius 2 is 2.12 bits per heavy atom. The summed E-state index contributed by atoms with van der Waals surface area (Å²) in [7, 11) is 0. The predicted octanol–water partition coefficient (Wildman–Crippen LogP) is 3.04. The summed E-state index contributed by atoms with van der Waals surface area (Å²) < 4.78 is 10.5. The molecule has 0 saturated carbocycles. The van der Waals surface area contributed by atoms with Crippen molar-refractivity contribution in [1.82, 2.24) is 0 Å². The van der Waals surface area contributed by atoms with Crippen molar-refractivity contribution in [2.24, 2.45) is 5.92 Å². The number of fused-ring (bicyclic) bond motifs is 1. The number of hydrogen-bond donors (Lipinski definition) is 0. The Balaban J connectivity index is 2.04. The molecule has 0 aliphatic carbocycles. The van der Waals surface area contributed by atoms with E-state index in [0.29, 0.717) is 12.3 Å². The van der Waals surface area contributed by atoms with Gasteiger partial charge in [0.1, 0.15) is 0 Å². The molecule has 1 aliphatic heterocycles. The van der Waals surface area contributed by atoms with Gasteiger partial charge in [0.05, 0.1) is 0 Å². The van der Waals surface area contributed by atoms with Gasteiger partial charge < -0.3 is 9.47 Å². The molecule has 0 atom stereocenters. The van der Waals surface area contributed by atoms with Crippen LogP contribution in [-0.2, 0) is 4.79 Å². The molecule has 0 unspecified atom stereocenters. The minimum atomic E-state index is 0.151. The standard InChI is InChI=1S/C14H16O3/c1-10(2)7-12(15)5-3-11-4-6-13-14(8-11)17-9-16-13/h3-6,8,10H,7,9H2,1-2H3/b5-3+. The molecule has 0 N–H and O–H groups in total. The maximum Gasteiger partial charge on any atom is 0.231 e. The summed E-state index contributed by atoms with van der Waals surface area (Å²) in [6.45, 7) is 4.34. The minimum Gasteiger partial charge on any atom is -0.454 e. The fourth-order valence-corrected chi connectivity index (χ4v) is 1.68. The molecule has 0 spiro atoms. The molecule has 90 valence electrons. The Hall–Kier alpha value is -1.77. The Kier molecular flexibility index (Phi) is 3.47. The molecular weight excluding hydrogens is 216 g/mol. The average molecular weight is 232 g/mol. The second kappa shape index (κ2) is 5.04. The van der Waals surface area contributed by atoms with E-state index in [-0.39, 0.29) is 12.6 Å². The second-order valence-electron chi connectivity index (χ2n) is 4.51. The molecule has 0 fully saturated rings. The monoisotopic (exact) mass is 232 g/mol. The van der Waals surface area contributed by atoms with Gasteiger partial charge in [-0.25, -0.2) is 0 Å². The molecule has 0 bridgehead atoms. The van der Waals surface area contributed by atoms with Gasteiger partial charge in [0.25, 0.3) is 0 Å². The van der Waals surface area contributed by atoms with Gasteiger partial charge in [0.2, 0.25) is 6.79 Å². The summed E-state index contributed by atoms with van der Waals surface area (Å²) in [5.74, 6) is 2.04. The maximum absolute atomic E-state index is 11.5. The first-order valence-electron chi connectivity index (χ1n) is 5.75. The number of ketones is 1. The first-order valence-corrected chi connectivity index (χ1v) is 5.75. The van der Waals surface area contributed by atoms with Crippen LogP contribution in [0.2, 0.25) is 0 Å². The van der Waals surface area contributed by atoms with E-state index >= 15 is 0 Å². The Morgan fingerprint density at radius 3 is 2.88 bits per heavy atom. The van der Waals surface area contributed by atoms with Gasteiger partial charge in [0, 0.05) is 6.42 Å². The maximum atomic E-state index is 11.5. The summed E-state index contributed by atoms with van der Waals surface area (Å²) in [5, 5.41) is 0. The molecular formula is C14H16O3. The first kappa shape index (κ1) is 11.7. The second-order valence-corrected chi connectivity index (χ2v) is 4.51. The van der Waals surface area contributed by atoms with Crippen LogP contribution in [0.3, 0.4) is 0 Å². The number of benzene rings is 1. The van der Waals surface area contributed by atoms with Crippen LogP contribution < -0.4 is 9.47 Å². The van der Waals surface area contributed by atoms with Gasteiger partial charge >= 0.3 is 0 Å². The predicted molar refractivity (Wildman–Crippen MR) is 66.1 cm³/mol. The number of carbonyl (C=O) groups excluding carboxylic acids is 1. The Morgan fingerprint density at radius 1 is 1.35 bits per heavy atom. The lowest BCUT2D eigenvalue weighted by Crippen LogP contribution is -1.98. The van der Waals surface area contributed by atoms with Crippen molar-refractivity contribution in [2.45, 2.75) is 20.3 Å². The van der Waals surface area contributed by atoms with Gasteiger partial charge in [-0.1, -0.05) is 26.0 Å². The molecule has 1 aromatic carbocycles. The van der Waals surface area contributed by atoms with Crippen LogP contribution in [0.25, 0.3) is 6.08 Å². The van der Waals surface area contributed by atoms with Crippen molar-refractivity contribution in [3.05, 3.63) is 29.8 Å². The molecule has 3 nitrogen and oxygen atoms in total. The summed E-state index contributed by atoms with van der Waals surface area (Å²) in [5.41, 5.74) is 0.950. The van der Waals surface area contributed by atoms with Crippen LogP contribution in [0.15, 0.2) is 24.3 Å². The first-order chi connectivity index (χ1) is 8.15. The van der Waals surface area contributed by atoms with Gasteiger partial charge in [0.15, 0.2) is 17.3 Å². The minimum absolute atomic E-state index is 0.151. The van der Waals surface area contributed by atoms with Crippen LogP contribution in [0.5, 0.6) is 11.5 Å². The van der Waals surface area contributed by atoms with E-state index in [4.69, 9.17) is 9.47 Å². The van der Waals surface area contributed by atoms with Crippen LogP contribution in [-0.4, -0.2) is 12.6 Å². The zero-order valence-electron chi connectivity index (χ0n) is 10.1. The Labute approximate surface area is 101 Å². The highest BCUT2D eigenvalue weighted by molar-refractivity contribution is 5.93. The highest BCUT2D eigenvalue weighted by Crippen LogP contribution is 2.32. The third-order valence-corrected chi connectivity index (χ3v) is 2.47. The van der Waals surface area contributed by atoms with Crippen LogP contribution >= 0.6 is 0 Å². The van der Waals surface area contributed by atoms with E-state index in [0.717, 1.165) is 17.1 Å². The third-order valence-electron chi connectivity index (χ3n) is 2.47. The van der Waals surface area contributed by atoms with Crippen molar-refractivity contribution in [1.29, 1.82) is 0 Å². The van der Waals surface area contributed by atoms with E-state index in [1.807, 2.05) is 38.1 Å². The SMILES string of the molecule is CC(C)CC(=O)/C=C/c1ccc2c(c1)OCO2. The number of rotatable bonds is 4. The lowest BCUT2D eigenvalue weighted by molar-refractivity contribution is -0.115. The molecule has 0 amide bonds. The van der Waals surface area contributed by atoms with Crippen molar-refractivity contribution >= 4 is 11.9 Å². The molecule has 3 heteroatoms. The molecule has 17 heavy (non-hydrogen) atoms. The summed E-state index contributed by atoms with van der Waals surface area (Å²) in [4.78, 5) is 11.5. The molecule has 1 heterocycles. The van der Waals surface area contributed by atoms with Crippen molar-refractivity contribution < 1.29 is 14.3 Å². The highest BCUT2D eigenvalue weighted by Gasteiger charge is 2.12. The third kappa shape index (κ3) is 3.09. The van der Waals surface area contributed by atoms with Gasteiger partial charge in [-0.05, 0) is 29.7 Å².